The maximum atomic E-state index is 13.5. The van der Waals surface area contributed by atoms with Gasteiger partial charge in [-0.2, -0.15) is 13.2 Å². The van der Waals surface area contributed by atoms with Crippen molar-refractivity contribution in [2.75, 3.05) is 20.0 Å². The van der Waals surface area contributed by atoms with Crippen molar-refractivity contribution in [2.45, 2.75) is 31.2 Å². The van der Waals surface area contributed by atoms with E-state index in [0.29, 0.717) is 35.7 Å². The van der Waals surface area contributed by atoms with Gasteiger partial charge in [0.2, 0.25) is 6.41 Å². The smallest absolute Gasteiger partial charge is 0.433 e. The number of aromatic nitrogens is 2. The summed E-state index contributed by atoms with van der Waals surface area (Å²) in [5.41, 5.74) is -0.0109. The molecule has 0 unspecified atom stereocenters. The van der Waals surface area contributed by atoms with E-state index in [4.69, 9.17) is 15.9 Å². The first-order chi connectivity index (χ1) is 16.2. The SMILES string of the molecule is C#CCCSc1nc(C(/C=C\C)=C/N(C=O)Cc2ccc(OC)c(OC)c2)cc(C(F)(F)F)n1. The van der Waals surface area contributed by atoms with Crippen molar-refractivity contribution in [3.63, 3.8) is 0 Å². The first-order valence-electron chi connectivity index (χ1n) is 10.0. The molecule has 0 radical (unpaired) electrons. The number of alkyl halides is 3. The van der Waals surface area contributed by atoms with E-state index >= 15 is 0 Å². The van der Waals surface area contributed by atoms with Crippen molar-refractivity contribution in [1.29, 1.82) is 0 Å². The van der Waals surface area contributed by atoms with Crippen molar-refractivity contribution in [3.05, 3.63) is 59.6 Å². The highest BCUT2D eigenvalue weighted by atomic mass is 32.2. The molecule has 0 atom stereocenters. The minimum absolute atomic E-state index is 0.0304. The summed E-state index contributed by atoms with van der Waals surface area (Å²) < 4.78 is 50.9. The molecular weight excluding hydrogens is 467 g/mol. The lowest BCUT2D eigenvalue weighted by molar-refractivity contribution is -0.141. The number of nitrogens with zero attached hydrogens (tertiary/aromatic N) is 3. The normalized spacial score (nSPS) is 11.9. The van der Waals surface area contributed by atoms with Gasteiger partial charge in [0.1, 0.15) is 5.69 Å². The van der Waals surface area contributed by atoms with Crippen LogP contribution in [0.5, 0.6) is 11.5 Å². The van der Waals surface area contributed by atoms with Gasteiger partial charge in [0.15, 0.2) is 16.7 Å². The molecule has 0 aliphatic heterocycles. The molecule has 34 heavy (non-hydrogen) atoms. The van der Waals surface area contributed by atoms with E-state index in [0.717, 1.165) is 23.4 Å². The number of hydrogen-bond acceptors (Lipinski definition) is 6. The molecule has 10 heteroatoms. The Morgan fingerprint density at radius 3 is 2.53 bits per heavy atom. The molecule has 0 N–H and O–H groups in total. The molecule has 0 saturated carbocycles. The Morgan fingerprint density at radius 1 is 1.21 bits per heavy atom. The highest BCUT2D eigenvalue weighted by Gasteiger charge is 2.34. The Morgan fingerprint density at radius 2 is 1.94 bits per heavy atom. The second kappa shape index (κ2) is 12.7. The second-order valence-corrected chi connectivity index (χ2v) is 7.83. The molecule has 6 nitrogen and oxygen atoms in total. The van der Waals surface area contributed by atoms with Crippen molar-refractivity contribution >= 4 is 23.7 Å². The fourth-order valence-electron chi connectivity index (χ4n) is 2.84. The molecular formula is C24H24F3N3O3S. The Balaban J connectivity index is 2.46. The zero-order valence-corrected chi connectivity index (χ0v) is 19.7. The number of thioether (sulfide) groups is 1. The van der Waals surface area contributed by atoms with E-state index in [9.17, 15) is 18.0 Å². The fraction of sp³-hybridized carbons (Fsp3) is 0.292. The van der Waals surface area contributed by atoms with E-state index in [1.807, 2.05) is 0 Å². The number of rotatable bonds is 11. The second-order valence-electron chi connectivity index (χ2n) is 6.77. The van der Waals surface area contributed by atoms with Gasteiger partial charge in [-0.05, 0) is 30.7 Å². The Hall–Kier alpha value is -3.45. The predicted molar refractivity (Wildman–Crippen MR) is 125 cm³/mol. The molecule has 1 aromatic heterocycles. The van der Waals surface area contributed by atoms with Crippen LogP contribution in [0.25, 0.3) is 5.57 Å². The molecule has 0 aliphatic carbocycles. The zero-order chi connectivity index (χ0) is 25.1. The molecule has 2 rings (SSSR count). The van der Waals surface area contributed by atoms with Crippen LogP contribution in [0.4, 0.5) is 13.2 Å². The molecule has 0 saturated heterocycles. The van der Waals surface area contributed by atoms with Gasteiger partial charge in [-0.3, -0.25) is 4.79 Å². The summed E-state index contributed by atoms with van der Waals surface area (Å²) in [5, 5.41) is -0.0481. The van der Waals surface area contributed by atoms with Gasteiger partial charge in [0, 0.05) is 23.9 Å². The van der Waals surface area contributed by atoms with Crippen LogP contribution in [-0.2, 0) is 17.5 Å². The topological polar surface area (TPSA) is 64.6 Å². The molecule has 0 fully saturated rings. The van der Waals surface area contributed by atoms with Crippen LogP contribution >= 0.6 is 11.8 Å². The minimum Gasteiger partial charge on any atom is -0.493 e. The van der Waals surface area contributed by atoms with Crippen LogP contribution < -0.4 is 9.47 Å². The summed E-state index contributed by atoms with van der Waals surface area (Å²) in [6, 6.07) is 6.03. The number of hydrogen-bond donors (Lipinski definition) is 0. The first kappa shape index (κ1) is 26.8. The summed E-state index contributed by atoms with van der Waals surface area (Å²) in [5.74, 6) is 3.82. The van der Waals surface area contributed by atoms with Gasteiger partial charge in [-0.25, -0.2) is 9.97 Å². The quantitative estimate of drug-likeness (QED) is 0.107. The summed E-state index contributed by atoms with van der Waals surface area (Å²) in [4.78, 5) is 21.0. The molecule has 1 heterocycles. The van der Waals surface area contributed by atoms with Crippen LogP contribution in [-0.4, -0.2) is 41.3 Å². The van der Waals surface area contributed by atoms with Gasteiger partial charge in [-0.1, -0.05) is 30.0 Å². The van der Waals surface area contributed by atoms with E-state index in [2.05, 4.69) is 15.9 Å². The number of halogens is 3. The summed E-state index contributed by atoms with van der Waals surface area (Å²) in [7, 11) is 3.01. The number of benzene rings is 1. The molecule has 1 aromatic carbocycles. The van der Waals surface area contributed by atoms with Gasteiger partial charge in [-0.15, -0.1) is 12.3 Å². The minimum atomic E-state index is -4.66. The average molecular weight is 492 g/mol. The van der Waals surface area contributed by atoms with E-state index in [1.54, 1.807) is 37.3 Å². The monoisotopic (exact) mass is 491 g/mol. The number of amides is 1. The lowest BCUT2D eigenvalue weighted by Crippen LogP contribution is -2.16. The van der Waals surface area contributed by atoms with Crippen molar-refractivity contribution in [1.82, 2.24) is 14.9 Å². The highest BCUT2D eigenvalue weighted by Crippen LogP contribution is 2.32. The van der Waals surface area contributed by atoms with E-state index in [-0.39, 0.29) is 17.4 Å². The summed E-state index contributed by atoms with van der Waals surface area (Å²) >= 11 is 1.03. The van der Waals surface area contributed by atoms with E-state index in [1.165, 1.54) is 25.3 Å². The largest absolute Gasteiger partial charge is 0.493 e. The molecule has 0 spiro atoms. The maximum absolute atomic E-state index is 13.5. The maximum Gasteiger partial charge on any atom is 0.433 e. The highest BCUT2D eigenvalue weighted by molar-refractivity contribution is 7.99. The predicted octanol–water partition coefficient (Wildman–Crippen LogP) is 5.20. The van der Waals surface area contributed by atoms with Crippen LogP contribution in [0.15, 0.2) is 47.8 Å². The Labute approximate surface area is 200 Å². The fourth-order valence-corrected chi connectivity index (χ4v) is 3.57. The lowest BCUT2D eigenvalue weighted by atomic mass is 10.1. The molecule has 0 aliphatic rings. The summed E-state index contributed by atoms with van der Waals surface area (Å²) in [6.45, 7) is 1.85. The van der Waals surface area contributed by atoms with Crippen LogP contribution in [0.2, 0.25) is 0 Å². The summed E-state index contributed by atoms with van der Waals surface area (Å²) in [6.07, 6.45) is 6.15. The lowest BCUT2D eigenvalue weighted by Gasteiger charge is -2.17. The number of ether oxygens (including phenoxy) is 2. The number of carbonyl (C=O) groups is 1. The van der Waals surface area contributed by atoms with Crippen molar-refractivity contribution < 1.29 is 27.4 Å². The Bertz CT molecular complexity index is 1100. The number of terminal acetylenes is 1. The molecule has 2 aromatic rings. The van der Waals surface area contributed by atoms with Crippen molar-refractivity contribution in [3.8, 4) is 23.8 Å². The van der Waals surface area contributed by atoms with Crippen LogP contribution in [0.1, 0.15) is 30.3 Å². The van der Waals surface area contributed by atoms with Crippen LogP contribution in [0.3, 0.4) is 0 Å². The first-order valence-corrected chi connectivity index (χ1v) is 11.0. The van der Waals surface area contributed by atoms with Gasteiger partial charge >= 0.3 is 6.18 Å². The number of carbonyl (C=O) groups excluding carboxylic acids is 1. The van der Waals surface area contributed by atoms with E-state index < -0.39 is 11.9 Å². The van der Waals surface area contributed by atoms with Crippen molar-refractivity contribution in [2.24, 2.45) is 0 Å². The zero-order valence-electron chi connectivity index (χ0n) is 18.9. The third-order valence-corrected chi connectivity index (χ3v) is 5.22. The van der Waals surface area contributed by atoms with Gasteiger partial charge in [0.25, 0.3) is 0 Å². The molecule has 0 bridgehead atoms. The van der Waals surface area contributed by atoms with Gasteiger partial charge < -0.3 is 14.4 Å². The third-order valence-electron chi connectivity index (χ3n) is 4.37. The number of allylic oxidation sites excluding steroid dienone is 3. The molecule has 1 amide bonds. The Kier molecular flexibility index (Phi) is 10.0. The molecule has 180 valence electrons. The third kappa shape index (κ3) is 7.56. The van der Waals surface area contributed by atoms with Gasteiger partial charge in [0.05, 0.1) is 26.5 Å². The average Bonchev–Trinajstić information content (AvgIpc) is 2.82. The standard InChI is InChI=1S/C24H24F3N3O3S/c1-5-7-11-34-23-28-19(13-22(29-23)24(25,26)27)18(8-6-2)15-30(16-31)14-17-9-10-20(32-3)21(12-17)33-4/h1,6,8-10,12-13,15-16H,7,11,14H2,2-4H3/b8-6-,18-15+. The van der Waals surface area contributed by atoms with Crippen LogP contribution in [0, 0.1) is 12.3 Å². The number of methoxy groups -OCH3 is 2.